The Morgan fingerprint density at radius 2 is 0.329 bits per heavy atom. The number of rotatable bonds is 34. The first kappa shape index (κ1) is 68.8. The van der Waals surface area contributed by atoms with Crippen molar-refractivity contribution in [3.05, 3.63) is 116 Å². The summed E-state index contributed by atoms with van der Waals surface area (Å²) in [6.45, 7) is 7.41. The quantitative estimate of drug-likeness (QED) is 0.0156. The summed E-state index contributed by atoms with van der Waals surface area (Å²) in [6.07, 6.45) is 33.8. The van der Waals surface area contributed by atoms with Crippen LogP contribution in [0.25, 0.3) is 0 Å². The van der Waals surface area contributed by atoms with Gasteiger partial charge in [-0.25, -0.2) is 87.8 Å². The lowest BCUT2D eigenvalue weighted by atomic mass is 9.12. The van der Waals surface area contributed by atoms with Gasteiger partial charge in [0.1, 0.15) is 52.7 Å². The van der Waals surface area contributed by atoms with Crippen molar-refractivity contribution in [2.45, 2.75) is 194 Å². The van der Waals surface area contributed by atoms with Gasteiger partial charge in [0.15, 0.2) is 69.8 Å². The summed E-state index contributed by atoms with van der Waals surface area (Å²) in [6, 6.07) is 0. The molecule has 0 unspecified atom stereocenters. The molecule has 4 aromatic rings. The highest BCUT2D eigenvalue weighted by molar-refractivity contribution is 7.20. The number of quaternary nitrogens is 1. The Balaban J connectivity index is 0.000000434. The first-order valence-corrected chi connectivity index (χ1v) is 27.6. The molecule has 1 nitrogen and oxygen atoms in total. The molecule has 0 atom stereocenters. The molecule has 446 valence electrons. The summed E-state index contributed by atoms with van der Waals surface area (Å²) in [7, 11) is 2.42. The summed E-state index contributed by atoms with van der Waals surface area (Å²) < 4.78 is 294. The van der Waals surface area contributed by atoms with Crippen molar-refractivity contribution in [2.24, 2.45) is 0 Å². The smallest absolute Gasteiger partial charge is 0.200 e. The lowest BCUT2D eigenvalue weighted by molar-refractivity contribution is -0.880. The largest absolute Gasteiger partial charge is 0.337 e. The third-order valence-electron chi connectivity index (χ3n) is 14.6. The number of unbranched alkanes of at least 4 members (excludes halogenated alkanes) is 26. The van der Waals surface area contributed by atoms with Crippen molar-refractivity contribution >= 4 is 28.0 Å². The average molecular weight is 1160 g/mol. The van der Waals surface area contributed by atoms with Crippen molar-refractivity contribution in [2.75, 3.05) is 20.1 Å². The predicted octanol–water partition coefficient (Wildman–Crippen LogP) is 16.3. The number of benzene rings is 4. The van der Waals surface area contributed by atoms with E-state index in [1.165, 1.54) is 193 Å². The van der Waals surface area contributed by atoms with Gasteiger partial charge in [0.25, 0.3) is 0 Å². The Bertz CT molecular complexity index is 2140. The summed E-state index contributed by atoms with van der Waals surface area (Å²) in [4.78, 5) is 1.78. The summed E-state index contributed by atoms with van der Waals surface area (Å²) in [5.41, 5.74) is -14.3. The number of hydrogen-bond acceptors (Lipinski definition) is 0. The second-order valence-electron chi connectivity index (χ2n) is 20.4. The van der Waals surface area contributed by atoms with E-state index in [2.05, 4.69) is 20.9 Å². The highest BCUT2D eigenvalue weighted by Crippen LogP contribution is 2.31. The van der Waals surface area contributed by atoms with Crippen molar-refractivity contribution in [3.8, 4) is 0 Å². The fourth-order valence-corrected chi connectivity index (χ4v) is 10.2. The lowest BCUT2D eigenvalue weighted by Crippen LogP contribution is -3.09. The van der Waals surface area contributed by atoms with Gasteiger partial charge in [-0.1, -0.05) is 168 Å². The standard InChI is InChI=1S/C33H69N.C24BF20/c1-4-6-8-10-12-14-16-18-20-22-24-26-28-30-32-34(3)33-31-29-27-25-23-21-19-17-15-13-11-9-7-5-2;26-5-1(6(27)14(35)21(42)13(5)34)25(2-7(28)15(36)22(43)16(37)8(2)29,3-9(30)17(38)23(44)18(39)10(3)31)4-11(32)19(40)24(45)20(41)12(4)33/h4-33H2,1-3H3;/q;-1/p+1. The molecule has 0 aromatic heterocycles. The zero-order chi connectivity index (χ0) is 59.1. The monoisotopic (exact) mass is 1160 g/mol. The zero-order valence-electron chi connectivity index (χ0n) is 44.8. The summed E-state index contributed by atoms with van der Waals surface area (Å²) >= 11 is 0. The Kier molecular flexibility index (Phi) is 29.7. The van der Waals surface area contributed by atoms with Crippen LogP contribution in [0.1, 0.15) is 194 Å². The molecule has 0 aliphatic heterocycles. The lowest BCUT2D eigenvalue weighted by Gasteiger charge is -2.44. The fourth-order valence-electron chi connectivity index (χ4n) is 10.2. The Morgan fingerprint density at radius 3 is 0.481 bits per heavy atom. The zero-order valence-corrected chi connectivity index (χ0v) is 44.8. The molecule has 1 N–H and O–H groups in total. The van der Waals surface area contributed by atoms with E-state index in [0.29, 0.717) is 0 Å². The van der Waals surface area contributed by atoms with Gasteiger partial charge in [0, 0.05) is 0 Å². The van der Waals surface area contributed by atoms with Crippen molar-refractivity contribution < 1.29 is 92.7 Å². The second kappa shape index (κ2) is 34.1. The molecule has 0 saturated heterocycles. The average Bonchev–Trinajstić information content (AvgIpc) is 3.63. The minimum absolute atomic E-state index is 1.37. The van der Waals surface area contributed by atoms with Gasteiger partial charge in [-0.05, 0) is 25.7 Å². The molecule has 4 aromatic carbocycles. The minimum atomic E-state index is -7.22. The Labute approximate surface area is 449 Å². The highest BCUT2D eigenvalue weighted by Gasteiger charge is 2.52. The SMILES string of the molecule is CCCCCCCCCCCCCCCC[NH+](C)CCCCCCCCCCCCCCCC.Fc1c(F)c(F)c([B-](c2c(F)c(F)c(F)c(F)c2F)(c2c(F)c(F)c(F)c(F)c2F)c2c(F)c(F)c(F)c(F)c2F)c(F)c1F. The molecule has 79 heavy (non-hydrogen) atoms. The third-order valence-corrected chi connectivity index (χ3v) is 14.6. The van der Waals surface area contributed by atoms with Crippen LogP contribution in [-0.2, 0) is 0 Å². The maximum absolute atomic E-state index is 15.4. The maximum atomic E-state index is 15.4. The van der Waals surface area contributed by atoms with Gasteiger partial charge in [0.2, 0.25) is 0 Å². The van der Waals surface area contributed by atoms with Crippen LogP contribution in [0, 0.1) is 116 Å². The molecule has 4 rings (SSSR count). The van der Waals surface area contributed by atoms with E-state index in [9.17, 15) is 52.7 Å². The van der Waals surface area contributed by atoms with Crippen molar-refractivity contribution in [1.29, 1.82) is 0 Å². The van der Waals surface area contributed by atoms with Crippen LogP contribution in [-0.4, -0.2) is 26.3 Å². The van der Waals surface area contributed by atoms with E-state index in [1.807, 2.05) is 0 Å². The second-order valence-corrected chi connectivity index (χ2v) is 20.4. The Hall–Kier alpha value is -4.50. The van der Waals surface area contributed by atoms with E-state index in [1.54, 1.807) is 4.90 Å². The summed E-state index contributed by atoms with van der Waals surface area (Å²) in [5, 5.41) is 0. The molecule has 22 heteroatoms. The van der Waals surface area contributed by atoms with Gasteiger partial charge < -0.3 is 4.90 Å². The van der Waals surface area contributed by atoms with Crippen LogP contribution in [0.4, 0.5) is 87.8 Å². The first-order valence-electron chi connectivity index (χ1n) is 27.6. The molecule has 0 aliphatic carbocycles. The van der Waals surface area contributed by atoms with Gasteiger partial charge >= 0.3 is 0 Å². The number of halogens is 20. The number of nitrogens with one attached hydrogen (secondary N) is 1. The van der Waals surface area contributed by atoms with Crippen LogP contribution in [0.5, 0.6) is 0 Å². The molecule has 0 spiro atoms. The van der Waals surface area contributed by atoms with E-state index >= 15 is 35.1 Å². The molecular weight excluding hydrogens is 1090 g/mol. The normalized spacial score (nSPS) is 11.8. The molecule has 0 saturated carbocycles. The van der Waals surface area contributed by atoms with Crippen LogP contribution in [0.3, 0.4) is 0 Å². The molecule has 0 radical (unpaired) electrons. The molecule has 0 heterocycles. The van der Waals surface area contributed by atoms with E-state index in [0.717, 1.165) is 0 Å². The summed E-state index contributed by atoms with van der Waals surface area (Å²) in [5.74, 6) is -71.4. The molecule has 0 bridgehead atoms. The first-order chi connectivity index (χ1) is 37.5. The van der Waals surface area contributed by atoms with Crippen LogP contribution >= 0.6 is 0 Å². The topological polar surface area (TPSA) is 4.44 Å². The molecular formula is C57H70BF20N. The predicted molar refractivity (Wildman–Crippen MR) is 266 cm³/mol. The van der Waals surface area contributed by atoms with E-state index in [-0.39, 0.29) is 0 Å². The maximum Gasteiger partial charge on any atom is 0.200 e. The van der Waals surface area contributed by atoms with Crippen molar-refractivity contribution in [3.63, 3.8) is 0 Å². The van der Waals surface area contributed by atoms with Crippen LogP contribution in [0.15, 0.2) is 0 Å². The van der Waals surface area contributed by atoms with Crippen LogP contribution < -0.4 is 26.8 Å². The molecule has 0 amide bonds. The van der Waals surface area contributed by atoms with Gasteiger partial charge in [-0.2, -0.15) is 0 Å². The Morgan fingerprint density at radius 1 is 0.203 bits per heavy atom. The van der Waals surface area contributed by atoms with Crippen molar-refractivity contribution in [1.82, 2.24) is 0 Å². The van der Waals surface area contributed by atoms with Gasteiger partial charge in [-0.3, -0.25) is 0 Å². The fraction of sp³-hybridized carbons (Fsp3) is 0.579. The third kappa shape index (κ3) is 17.3. The van der Waals surface area contributed by atoms with Crippen LogP contribution in [0.2, 0.25) is 0 Å². The van der Waals surface area contributed by atoms with E-state index < -0.39 is 144 Å². The van der Waals surface area contributed by atoms with E-state index in [4.69, 9.17) is 0 Å². The molecule has 0 fully saturated rings. The van der Waals surface area contributed by atoms with Gasteiger partial charge in [-0.15, -0.1) is 21.9 Å². The minimum Gasteiger partial charge on any atom is -0.337 e. The molecule has 0 aliphatic rings. The van der Waals surface area contributed by atoms with Gasteiger partial charge in [0.05, 0.1) is 20.1 Å². The number of hydrogen-bond donors (Lipinski definition) is 1. The highest BCUT2D eigenvalue weighted by atomic mass is 19.2.